The van der Waals surface area contributed by atoms with Gasteiger partial charge in [0.1, 0.15) is 0 Å². The molecule has 6 rings (SSSR count). The van der Waals surface area contributed by atoms with Crippen molar-refractivity contribution in [2.24, 2.45) is 17.3 Å². The SMILES string of the molecule is CC(=O)NC12C[C@H]3C[C@@H](C1)CC(C(=O)N1CCN(S(=O)(=O)c4ccc([N+](=O)[O-])cc4)CC1)(C3)C2. The third kappa shape index (κ3) is 3.88. The van der Waals surface area contributed by atoms with Gasteiger partial charge in [0.15, 0.2) is 0 Å². The molecule has 184 valence electrons. The Labute approximate surface area is 198 Å². The number of carbonyl (C=O) groups is 2. The molecular weight excluding hydrogens is 460 g/mol. The highest BCUT2D eigenvalue weighted by Crippen LogP contribution is 2.62. The van der Waals surface area contributed by atoms with Gasteiger partial charge in [0.25, 0.3) is 5.69 Å². The van der Waals surface area contributed by atoms with Gasteiger partial charge in [0.2, 0.25) is 21.8 Å². The summed E-state index contributed by atoms with van der Waals surface area (Å²) in [6.45, 7) is 2.54. The Balaban J connectivity index is 1.28. The number of hydrogen-bond acceptors (Lipinski definition) is 6. The molecule has 1 aliphatic heterocycles. The smallest absolute Gasteiger partial charge is 0.269 e. The van der Waals surface area contributed by atoms with Gasteiger partial charge in [-0.2, -0.15) is 4.31 Å². The van der Waals surface area contributed by atoms with Crippen molar-refractivity contribution in [3.05, 3.63) is 34.4 Å². The van der Waals surface area contributed by atoms with Gasteiger partial charge in [-0.25, -0.2) is 8.42 Å². The predicted octanol–water partition coefficient (Wildman–Crippen LogP) is 1.90. The molecule has 0 spiro atoms. The zero-order valence-electron chi connectivity index (χ0n) is 19.2. The second kappa shape index (κ2) is 8.01. The number of nitro benzene ring substituents is 1. The number of hydrogen-bond donors (Lipinski definition) is 1. The molecule has 1 aromatic rings. The van der Waals surface area contributed by atoms with E-state index in [2.05, 4.69) is 5.32 Å². The highest BCUT2D eigenvalue weighted by atomic mass is 32.2. The summed E-state index contributed by atoms with van der Waals surface area (Å²) in [4.78, 5) is 37.8. The van der Waals surface area contributed by atoms with Crippen molar-refractivity contribution < 1.29 is 22.9 Å². The first-order chi connectivity index (χ1) is 16.0. The number of benzene rings is 1. The third-order valence-corrected chi connectivity index (χ3v) is 10.1. The molecule has 4 saturated carbocycles. The number of nitrogens with one attached hydrogen (secondary N) is 1. The summed E-state index contributed by atoms with van der Waals surface area (Å²) in [5.74, 6) is 0.944. The molecule has 0 aromatic heterocycles. The minimum atomic E-state index is -3.80. The van der Waals surface area contributed by atoms with Gasteiger partial charge in [-0.15, -0.1) is 0 Å². The normalized spacial score (nSPS) is 33.0. The fourth-order valence-corrected chi connectivity index (χ4v) is 8.81. The minimum absolute atomic E-state index is 0.0104. The van der Waals surface area contributed by atoms with Crippen LogP contribution in [0.3, 0.4) is 0 Å². The summed E-state index contributed by atoms with van der Waals surface area (Å²) in [6, 6.07) is 4.87. The molecule has 11 heteroatoms. The standard InChI is InChI=1S/C23H30N4O6S/c1-16(28)24-23-13-17-10-18(14-23)12-22(11-17,15-23)21(29)25-6-8-26(9-7-25)34(32,33)20-4-2-19(3-5-20)27(30)31/h2-5,17-18H,6-15H2,1H3,(H,24,28)/t17-,18+,22?,23?. The van der Waals surface area contributed by atoms with Crippen LogP contribution in [0.1, 0.15) is 45.4 Å². The van der Waals surface area contributed by atoms with E-state index in [0.717, 1.165) is 32.1 Å². The van der Waals surface area contributed by atoms with Gasteiger partial charge in [0.05, 0.1) is 15.2 Å². The van der Waals surface area contributed by atoms with Crippen LogP contribution in [0.5, 0.6) is 0 Å². The molecule has 34 heavy (non-hydrogen) atoms. The van der Waals surface area contributed by atoms with E-state index in [1.165, 1.54) is 35.5 Å². The molecule has 2 unspecified atom stereocenters. The highest BCUT2D eigenvalue weighted by Gasteiger charge is 2.61. The molecule has 5 fully saturated rings. The zero-order chi connectivity index (χ0) is 24.3. The van der Waals surface area contributed by atoms with Gasteiger partial charge >= 0.3 is 0 Å². The largest absolute Gasteiger partial charge is 0.351 e. The lowest BCUT2D eigenvalue weighted by molar-refractivity contribution is -0.384. The van der Waals surface area contributed by atoms with E-state index >= 15 is 0 Å². The number of nitro groups is 1. The molecule has 1 heterocycles. The molecule has 4 atom stereocenters. The highest BCUT2D eigenvalue weighted by molar-refractivity contribution is 7.89. The molecule has 4 bridgehead atoms. The monoisotopic (exact) mass is 490 g/mol. The van der Waals surface area contributed by atoms with Crippen molar-refractivity contribution in [3.8, 4) is 0 Å². The second-order valence-electron chi connectivity index (χ2n) is 10.7. The molecule has 4 aliphatic carbocycles. The van der Waals surface area contributed by atoms with Crippen molar-refractivity contribution >= 4 is 27.5 Å². The Kier molecular flexibility index (Phi) is 5.47. The van der Waals surface area contributed by atoms with Gasteiger partial charge in [-0.05, 0) is 62.5 Å². The quantitative estimate of drug-likeness (QED) is 0.496. The number of non-ortho nitro benzene ring substituents is 1. The Morgan fingerprint density at radius 1 is 1.03 bits per heavy atom. The van der Waals surface area contributed by atoms with Crippen molar-refractivity contribution in [2.75, 3.05) is 26.2 Å². The Morgan fingerprint density at radius 3 is 2.15 bits per heavy atom. The van der Waals surface area contributed by atoms with Crippen molar-refractivity contribution in [2.45, 2.75) is 55.9 Å². The first-order valence-corrected chi connectivity index (χ1v) is 13.3. The molecule has 2 amide bonds. The summed E-state index contributed by atoms with van der Waals surface area (Å²) < 4.78 is 27.4. The Morgan fingerprint density at radius 2 is 1.62 bits per heavy atom. The number of piperazine rings is 1. The van der Waals surface area contributed by atoms with Gasteiger partial charge in [-0.3, -0.25) is 19.7 Å². The summed E-state index contributed by atoms with van der Waals surface area (Å²) >= 11 is 0. The summed E-state index contributed by atoms with van der Waals surface area (Å²) in [7, 11) is -3.80. The average Bonchev–Trinajstić information content (AvgIpc) is 2.77. The van der Waals surface area contributed by atoms with E-state index in [-0.39, 0.29) is 41.0 Å². The van der Waals surface area contributed by atoms with Crippen LogP contribution < -0.4 is 5.32 Å². The van der Waals surface area contributed by atoms with Crippen molar-refractivity contribution in [1.29, 1.82) is 0 Å². The van der Waals surface area contributed by atoms with E-state index in [9.17, 15) is 28.1 Å². The Bertz CT molecular complexity index is 1110. The maximum Gasteiger partial charge on any atom is 0.269 e. The van der Waals surface area contributed by atoms with Crippen LogP contribution in [-0.4, -0.2) is 66.1 Å². The van der Waals surface area contributed by atoms with E-state index in [1.54, 1.807) is 4.90 Å². The first kappa shape index (κ1) is 23.2. The van der Waals surface area contributed by atoms with Gasteiger partial charge < -0.3 is 10.2 Å². The minimum Gasteiger partial charge on any atom is -0.351 e. The van der Waals surface area contributed by atoms with Crippen LogP contribution in [0.4, 0.5) is 5.69 Å². The van der Waals surface area contributed by atoms with E-state index < -0.39 is 20.4 Å². The number of rotatable bonds is 5. The van der Waals surface area contributed by atoms with Gasteiger partial charge in [-0.1, -0.05) is 0 Å². The number of nitrogens with zero attached hydrogens (tertiary/aromatic N) is 3. The fourth-order valence-electron chi connectivity index (χ4n) is 7.39. The molecule has 5 aliphatic rings. The first-order valence-electron chi connectivity index (χ1n) is 11.8. The average molecular weight is 491 g/mol. The summed E-state index contributed by atoms with van der Waals surface area (Å²) in [5.41, 5.74) is -0.916. The van der Waals surface area contributed by atoms with Crippen molar-refractivity contribution in [1.82, 2.24) is 14.5 Å². The second-order valence-corrected chi connectivity index (χ2v) is 12.6. The lowest BCUT2D eigenvalue weighted by Crippen LogP contribution is -2.66. The molecule has 0 radical (unpaired) electrons. The van der Waals surface area contributed by atoms with Crippen LogP contribution in [0, 0.1) is 27.4 Å². The van der Waals surface area contributed by atoms with Gasteiger partial charge in [0, 0.05) is 50.8 Å². The van der Waals surface area contributed by atoms with Crippen LogP contribution in [0.15, 0.2) is 29.2 Å². The fraction of sp³-hybridized carbons (Fsp3) is 0.652. The maximum absolute atomic E-state index is 13.8. The molecular formula is C23H30N4O6S. The molecule has 1 N–H and O–H groups in total. The van der Waals surface area contributed by atoms with Crippen LogP contribution in [-0.2, 0) is 19.6 Å². The summed E-state index contributed by atoms with van der Waals surface area (Å²) in [5, 5.41) is 14.0. The maximum atomic E-state index is 13.8. The number of carbonyl (C=O) groups excluding carboxylic acids is 2. The zero-order valence-corrected chi connectivity index (χ0v) is 20.1. The van der Waals surface area contributed by atoms with E-state index in [1.807, 2.05) is 0 Å². The molecule has 1 saturated heterocycles. The molecule has 10 nitrogen and oxygen atoms in total. The van der Waals surface area contributed by atoms with Crippen molar-refractivity contribution in [3.63, 3.8) is 0 Å². The van der Waals surface area contributed by atoms with Crippen LogP contribution in [0.2, 0.25) is 0 Å². The topological polar surface area (TPSA) is 130 Å². The Hall–Kier alpha value is -2.53. The number of sulfonamides is 1. The summed E-state index contributed by atoms with van der Waals surface area (Å²) in [6.07, 6.45) is 5.39. The van der Waals surface area contributed by atoms with E-state index in [0.29, 0.717) is 31.3 Å². The number of amides is 2. The third-order valence-electron chi connectivity index (χ3n) is 8.17. The lowest BCUT2D eigenvalue weighted by Gasteiger charge is -2.62. The van der Waals surface area contributed by atoms with Crippen LogP contribution >= 0.6 is 0 Å². The lowest BCUT2D eigenvalue weighted by atomic mass is 9.46. The molecule has 1 aromatic carbocycles. The van der Waals surface area contributed by atoms with Crippen LogP contribution in [0.25, 0.3) is 0 Å². The predicted molar refractivity (Wildman–Crippen MR) is 122 cm³/mol. The van der Waals surface area contributed by atoms with E-state index in [4.69, 9.17) is 0 Å².